The van der Waals surface area contributed by atoms with Crippen LogP contribution in [0.4, 0.5) is 5.69 Å². The number of carboxylic acid groups (broad SMARTS) is 1. The number of nitrogens with one attached hydrogen (secondary N) is 3. The lowest BCUT2D eigenvalue weighted by Gasteiger charge is -2.26. The van der Waals surface area contributed by atoms with Crippen molar-refractivity contribution < 1.29 is 27.9 Å². The summed E-state index contributed by atoms with van der Waals surface area (Å²) in [6, 6.07) is 15.6. The van der Waals surface area contributed by atoms with E-state index >= 15 is 0 Å². The SMILES string of the molecule is CC(C)CC(NC(=O)C(Cc1ccccc1)NS(=O)(=O)c1cccc2c(N(C)C)cccc12)C(=O)NC(CCCN=C(N)N)C(=O)O. The van der Waals surface area contributed by atoms with Gasteiger partial charge in [0, 0.05) is 37.1 Å². The van der Waals surface area contributed by atoms with Gasteiger partial charge in [0.1, 0.15) is 18.1 Å². The number of guanidine groups is 1. The number of fused-ring (bicyclic) bond motifs is 1. The molecule has 47 heavy (non-hydrogen) atoms. The van der Waals surface area contributed by atoms with Crippen molar-refractivity contribution in [3.63, 3.8) is 0 Å². The van der Waals surface area contributed by atoms with E-state index in [4.69, 9.17) is 11.5 Å². The summed E-state index contributed by atoms with van der Waals surface area (Å²) >= 11 is 0. The van der Waals surface area contributed by atoms with Crippen LogP contribution in [0, 0.1) is 5.92 Å². The molecule has 0 heterocycles. The minimum Gasteiger partial charge on any atom is -0.480 e. The number of carboxylic acids is 1. The number of anilines is 1. The Bertz CT molecular complexity index is 1680. The third-order valence-corrected chi connectivity index (χ3v) is 8.96. The number of nitrogens with zero attached hydrogens (tertiary/aromatic N) is 2. The molecule has 0 aromatic heterocycles. The van der Waals surface area contributed by atoms with Crippen molar-refractivity contribution in [1.29, 1.82) is 0 Å². The highest BCUT2D eigenvalue weighted by Crippen LogP contribution is 2.30. The average Bonchev–Trinajstić information content (AvgIpc) is 3.00. The molecule has 0 bridgehead atoms. The molecule has 0 saturated carbocycles. The van der Waals surface area contributed by atoms with Gasteiger partial charge in [0.15, 0.2) is 5.96 Å². The fourth-order valence-electron chi connectivity index (χ4n) is 5.19. The van der Waals surface area contributed by atoms with Crippen LogP contribution in [0.1, 0.15) is 38.7 Å². The first kappa shape index (κ1) is 36.8. The molecule has 8 N–H and O–H groups in total. The Hall–Kier alpha value is -4.69. The molecule has 0 spiro atoms. The molecule has 0 aliphatic carbocycles. The Morgan fingerprint density at radius 3 is 2.09 bits per heavy atom. The lowest BCUT2D eigenvalue weighted by molar-refractivity contribution is -0.142. The van der Waals surface area contributed by atoms with Crippen LogP contribution in [0.5, 0.6) is 0 Å². The fourth-order valence-corrected chi connectivity index (χ4v) is 6.60. The van der Waals surface area contributed by atoms with Gasteiger partial charge in [-0.15, -0.1) is 0 Å². The molecular formula is C33H45N7O6S. The third kappa shape index (κ3) is 10.7. The minimum absolute atomic E-state index is 0.00181. The maximum atomic E-state index is 13.9. The fraction of sp³-hybridized carbons (Fsp3) is 0.394. The number of aliphatic carboxylic acids is 1. The molecule has 0 radical (unpaired) electrons. The number of sulfonamides is 1. The predicted molar refractivity (Wildman–Crippen MR) is 183 cm³/mol. The van der Waals surface area contributed by atoms with E-state index in [0.29, 0.717) is 17.4 Å². The molecule has 0 fully saturated rings. The summed E-state index contributed by atoms with van der Waals surface area (Å²) < 4.78 is 30.5. The smallest absolute Gasteiger partial charge is 0.326 e. The van der Waals surface area contributed by atoms with E-state index in [-0.39, 0.29) is 42.6 Å². The van der Waals surface area contributed by atoms with E-state index in [0.717, 1.165) is 11.1 Å². The first-order chi connectivity index (χ1) is 22.2. The summed E-state index contributed by atoms with van der Waals surface area (Å²) in [4.78, 5) is 44.9. The highest BCUT2D eigenvalue weighted by molar-refractivity contribution is 7.89. The monoisotopic (exact) mass is 667 g/mol. The first-order valence-electron chi connectivity index (χ1n) is 15.3. The summed E-state index contributed by atoms with van der Waals surface area (Å²) in [6.45, 7) is 3.88. The van der Waals surface area contributed by atoms with Crippen molar-refractivity contribution in [2.45, 2.75) is 62.6 Å². The Morgan fingerprint density at radius 2 is 1.47 bits per heavy atom. The highest BCUT2D eigenvalue weighted by atomic mass is 32.2. The number of rotatable bonds is 17. The summed E-state index contributed by atoms with van der Waals surface area (Å²) in [5.74, 6) is -2.87. The Labute approximate surface area is 275 Å². The van der Waals surface area contributed by atoms with Crippen molar-refractivity contribution in [2.24, 2.45) is 22.4 Å². The summed E-state index contributed by atoms with van der Waals surface area (Å²) in [7, 11) is -0.529. The minimum atomic E-state index is -4.26. The lowest BCUT2D eigenvalue weighted by atomic mass is 10.0. The van der Waals surface area contributed by atoms with E-state index in [9.17, 15) is 27.9 Å². The van der Waals surface area contributed by atoms with E-state index in [1.165, 1.54) is 6.07 Å². The lowest BCUT2D eigenvalue weighted by Crippen LogP contribution is -2.56. The quantitative estimate of drug-likeness (QED) is 0.0705. The number of hydrogen-bond acceptors (Lipinski definition) is 7. The second-order valence-electron chi connectivity index (χ2n) is 11.9. The average molecular weight is 668 g/mol. The first-order valence-corrected chi connectivity index (χ1v) is 16.8. The standard InChI is InChI=1S/C33H45N7O6S/c1-21(2)19-26(30(41)37-25(32(43)44)15-10-18-36-33(34)35)38-31(42)27(20-22-11-6-5-7-12-22)39-47(45,46)29-17-9-13-23-24(29)14-8-16-28(23)40(3)4/h5-9,11-14,16-17,21,25-27,39H,10,15,18-20H2,1-4H3,(H,37,41)(H,38,42)(H,43,44)(H4,34,35,36). The maximum absolute atomic E-state index is 13.9. The van der Waals surface area contributed by atoms with Gasteiger partial charge in [0.2, 0.25) is 21.8 Å². The number of carbonyl (C=O) groups excluding carboxylic acids is 2. The molecule has 3 aromatic rings. The predicted octanol–water partition coefficient (Wildman–Crippen LogP) is 1.95. The molecule has 13 nitrogen and oxygen atoms in total. The van der Waals surface area contributed by atoms with Gasteiger partial charge in [-0.25, -0.2) is 13.2 Å². The van der Waals surface area contributed by atoms with Crippen LogP contribution < -0.4 is 31.7 Å². The molecule has 3 unspecified atom stereocenters. The van der Waals surface area contributed by atoms with Crippen LogP contribution in [0.3, 0.4) is 0 Å². The van der Waals surface area contributed by atoms with Crippen LogP contribution in [-0.4, -0.2) is 76.0 Å². The molecule has 3 atom stereocenters. The summed E-state index contributed by atoms with van der Waals surface area (Å²) in [5, 5.41) is 16.1. The Kier molecular flexibility index (Phi) is 13.1. The normalized spacial score (nSPS) is 13.4. The van der Waals surface area contributed by atoms with Crippen molar-refractivity contribution in [1.82, 2.24) is 15.4 Å². The summed E-state index contributed by atoms with van der Waals surface area (Å²) in [5.41, 5.74) is 12.2. The molecule has 0 saturated heterocycles. The van der Waals surface area contributed by atoms with E-state index in [1.807, 2.05) is 45.0 Å². The zero-order chi connectivity index (χ0) is 34.7. The van der Waals surface area contributed by atoms with Crippen molar-refractivity contribution in [3.8, 4) is 0 Å². The highest BCUT2D eigenvalue weighted by Gasteiger charge is 2.32. The largest absolute Gasteiger partial charge is 0.480 e. The van der Waals surface area contributed by atoms with Crippen LogP contribution in [0.15, 0.2) is 76.6 Å². The van der Waals surface area contributed by atoms with Crippen LogP contribution in [-0.2, 0) is 30.8 Å². The van der Waals surface area contributed by atoms with Crippen molar-refractivity contribution in [2.75, 3.05) is 25.5 Å². The maximum Gasteiger partial charge on any atom is 0.326 e. The molecule has 14 heteroatoms. The van der Waals surface area contributed by atoms with Gasteiger partial charge in [0.25, 0.3) is 0 Å². The van der Waals surface area contributed by atoms with Gasteiger partial charge in [0.05, 0.1) is 4.90 Å². The number of carbonyl (C=O) groups is 3. The van der Waals surface area contributed by atoms with Crippen LogP contribution in [0.2, 0.25) is 0 Å². The number of aliphatic imine (C=N–C) groups is 1. The molecule has 0 aliphatic heterocycles. The number of amides is 2. The summed E-state index contributed by atoms with van der Waals surface area (Å²) in [6.07, 6.45) is 0.524. The Balaban J connectivity index is 1.91. The van der Waals surface area contributed by atoms with Gasteiger partial charge in [-0.1, -0.05) is 68.4 Å². The molecule has 3 aromatic carbocycles. The van der Waals surface area contributed by atoms with E-state index in [1.54, 1.807) is 48.5 Å². The zero-order valence-corrected chi connectivity index (χ0v) is 28.0. The number of benzene rings is 3. The number of hydrogen-bond donors (Lipinski definition) is 6. The second kappa shape index (κ2) is 16.7. The van der Waals surface area contributed by atoms with Crippen LogP contribution >= 0.6 is 0 Å². The van der Waals surface area contributed by atoms with Gasteiger partial charge < -0.3 is 32.1 Å². The van der Waals surface area contributed by atoms with Gasteiger partial charge in [-0.05, 0) is 49.3 Å². The second-order valence-corrected chi connectivity index (χ2v) is 13.6. The van der Waals surface area contributed by atoms with E-state index in [2.05, 4.69) is 20.3 Å². The number of nitrogens with two attached hydrogens (primary N) is 2. The zero-order valence-electron chi connectivity index (χ0n) is 27.1. The van der Waals surface area contributed by atoms with Gasteiger partial charge in [-0.3, -0.25) is 14.6 Å². The topological polar surface area (TPSA) is 209 Å². The molecule has 254 valence electrons. The van der Waals surface area contributed by atoms with Gasteiger partial charge >= 0.3 is 5.97 Å². The molecular weight excluding hydrogens is 622 g/mol. The van der Waals surface area contributed by atoms with Crippen molar-refractivity contribution >= 4 is 50.2 Å². The van der Waals surface area contributed by atoms with Gasteiger partial charge in [-0.2, -0.15) is 4.72 Å². The van der Waals surface area contributed by atoms with Crippen molar-refractivity contribution in [3.05, 3.63) is 72.3 Å². The van der Waals surface area contributed by atoms with E-state index < -0.39 is 45.9 Å². The molecule has 3 rings (SSSR count). The molecule has 2 amide bonds. The third-order valence-electron chi connectivity index (χ3n) is 7.43. The molecule has 0 aliphatic rings. The van der Waals surface area contributed by atoms with Crippen LogP contribution in [0.25, 0.3) is 10.8 Å². The Morgan fingerprint density at radius 1 is 0.851 bits per heavy atom.